The predicted octanol–water partition coefficient (Wildman–Crippen LogP) is 2.04. The number of carbonyl (C=O) groups excluding carboxylic acids is 2. The number of nitrogens with zero attached hydrogens (tertiary/aromatic N) is 3. The standard InChI is InChI=1S/C17H16ClN3O3/c18-13-4-1-3-12(11-13)16(23)20-7-9-21(10-8-20)17(24)15-14(22)5-2-6-19-15/h1-6,11,22H,7-10H2. The van der Waals surface area contributed by atoms with E-state index in [1.807, 2.05) is 0 Å². The van der Waals surface area contributed by atoms with E-state index in [2.05, 4.69) is 4.98 Å². The van der Waals surface area contributed by atoms with Gasteiger partial charge in [-0.1, -0.05) is 17.7 Å². The number of carbonyl (C=O) groups is 2. The Morgan fingerprint density at radius 3 is 2.29 bits per heavy atom. The number of rotatable bonds is 2. The minimum absolute atomic E-state index is 0.0344. The number of hydrogen-bond acceptors (Lipinski definition) is 4. The van der Waals surface area contributed by atoms with E-state index in [4.69, 9.17) is 11.6 Å². The molecule has 0 unspecified atom stereocenters. The Bertz CT molecular complexity index is 773. The zero-order chi connectivity index (χ0) is 17.1. The molecule has 0 aliphatic carbocycles. The summed E-state index contributed by atoms with van der Waals surface area (Å²) in [5.74, 6) is -0.576. The molecule has 7 heteroatoms. The number of piperazine rings is 1. The lowest BCUT2D eigenvalue weighted by Crippen LogP contribution is -2.50. The van der Waals surface area contributed by atoms with Gasteiger partial charge in [0.1, 0.15) is 5.75 Å². The summed E-state index contributed by atoms with van der Waals surface area (Å²) in [4.78, 5) is 32.1. The Labute approximate surface area is 144 Å². The lowest BCUT2D eigenvalue weighted by Gasteiger charge is -2.34. The first-order valence-corrected chi connectivity index (χ1v) is 7.92. The third-order valence-corrected chi connectivity index (χ3v) is 4.15. The molecule has 1 N–H and O–H groups in total. The highest BCUT2D eigenvalue weighted by Crippen LogP contribution is 2.18. The molecule has 24 heavy (non-hydrogen) atoms. The molecular formula is C17H16ClN3O3. The molecule has 1 aromatic carbocycles. The van der Waals surface area contributed by atoms with Gasteiger partial charge in [0.2, 0.25) is 0 Å². The second kappa shape index (κ2) is 6.88. The van der Waals surface area contributed by atoms with Gasteiger partial charge in [0.25, 0.3) is 11.8 Å². The van der Waals surface area contributed by atoms with Gasteiger partial charge in [0, 0.05) is 43.0 Å². The number of benzene rings is 1. The van der Waals surface area contributed by atoms with Crippen molar-refractivity contribution in [3.63, 3.8) is 0 Å². The SMILES string of the molecule is O=C(c1cccc(Cl)c1)N1CCN(C(=O)c2ncccc2O)CC1. The summed E-state index contributed by atoms with van der Waals surface area (Å²) in [6.07, 6.45) is 1.46. The van der Waals surface area contributed by atoms with Crippen molar-refractivity contribution in [3.8, 4) is 5.75 Å². The summed E-state index contributed by atoms with van der Waals surface area (Å²) in [6, 6.07) is 9.80. The Morgan fingerprint density at radius 1 is 1.00 bits per heavy atom. The van der Waals surface area contributed by atoms with E-state index in [-0.39, 0.29) is 23.3 Å². The van der Waals surface area contributed by atoms with Gasteiger partial charge in [-0.15, -0.1) is 0 Å². The molecule has 1 fully saturated rings. The third-order valence-electron chi connectivity index (χ3n) is 3.91. The van der Waals surface area contributed by atoms with Gasteiger partial charge in [0.15, 0.2) is 5.69 Å². The smallest absolute Gasteiger partial charge is 0.276 e. The maximum absolute atomic E-state index is 12.5. The number of hydrogen-bond donors (Lipinski definition) is 1. The van der Waals surface area contributed by atoms with E-state index >= 15 is 0 Å². The highest BCUT2D eigenvalue weighted by molar-refractivity contribution is 6.30. The van der Waals surface area contributed by atoms with Gasteiger partial charge in [0.05, 0.1) is 0 Å². The van der Waals surface area contributed by atoms with Gasteiger partial charge < -0.3 is 14.9 Å². The van der Waals surface area contributed by atoms with Crippen molar-refractivity contribution in [2.24, 2.45) is 0 Å². The van der Waals surface area contributed by atoms with Gasteiger partial charge in [-0.05, 0) is 30.3 Å². The maximum atomic E-state index is 12.5. The summed E-state index contributed by atoms with van der Waals surface area (Å²) in [7, 11) is 0. The zero-order valence-electron chi connectivity index (χ0n) is 12.9. The predicted molar refractivity (Wildman–Crippen MR) is 89.2 cm³/mol. The van der Waals surface area contributed by atoms with Crippen molar-refractivity contribution in [3.05, 3.63) is 58.9 Å². The van der Waals surface area contributed by atoms with E-state index in [9.17, 15) is 14.7 Å². The molecule has 1 saturated heterocycles. The Hall–Kier alpha value is -2.60. The molecule has 3 rings (SSSR count). The molecule has 2 heterocycles. The molecule has 0 radical (unpaired) electrons. The number of aromatic hydroxyl groups is 1. The Morgan fingerprint density at radius 2 is 1.67 bits per heavy atom. The molecule has 1 aromatic heterocycles. The van der Waals surface area contributed by atoms with Crippen molar-refractivity contribution in [2.75, 3.05) is 26.2 Å². The van der Waals surface area contributed by atoms with Crippen LogP contribution in [0.5, 0.6) is 5.75 Å². The summed E-state index contributed by atoms with van der Waals surface area (Å²) < 4.78 is 0. The highest BCUT2D eigenvalue weighted by atomic mass is 35.5. The van der Waals surface area contributed by atoms with Gasteiger partial charge in [-0.3, -0.25) is 9.59 Å². The number of halogens is 1. The van der Waals surface area contributed by atoms with Crippen LogP contribution in [0.15, 0.2) is 42.6 Å². The van der Waals surface area contributed by atoms with Crippen molar-refractivity contribution >= 4 is 23.4 Å². The topological polar surface area (TPSA) is 73.7 Å². The molecule has 124 valence electrons. The molecule has 2 amide bonds. The van der Waals surface area contributed by atoms with Crippen LogP contribution >= 0.6 is 11.6 Å². The molecule has 0 saturated carbocycles. The van der Waals surface area contributed by atoms with Crippen molar-refractivity contribution in [2.45, 2.75) is 0 Å². The lowest BCUT2D eigenvalue weighted by atomic mass is 10.1. The monoisotopic (exact) mass is 345 g/mol. The third kappa shape index (κ3) is 3.33. The molecule has 0 bridgehead atoms. The molecule has 0 spiro atoms. The summed E-state index contributed by atoms with van der Waals surface area (Å²) in [5.41, 5.74) is 0.566. The average molecular weight is 346 g/mol. The lowest BCUT2D eigenvalue weighted by molar-refractivity contribution is 0.0530. The van der Waals surface area contributed by atoms with Crippen LogP contribution < -0.4 is 0 Å². The van der Waals surface area contributed by atoms with Crippen LogP contribution in [0, 0.1) is 0 Å². The fourth-order valence-electron chi connectivity index (χ4n) is 2.63. The molecule has 6 nitrogen and oxygen atoms in total. The normalized spacial score (nSPS) is 14.5. The van der Waals surface area contributed by atoms with Crippen LogP contribution in [0.1, 0.15) is 20.8 Å². The minimum Gasteiger partial charge on any atom is -0.505 e. The quantitative estimate of drug-likeness (QED) is 0.904. The Balaban J connectivity index is 1.65. The fraction of sp³-hybridized carbons (Fsp3) is 0.235. The van der Waals surface area contributed by atoms with Crippen LogP contribution in [0.4, 0.5) is 0 Å². The largest absolute Gasteiger partial charge is 0.505 e. The first-order valence-electron chi connectivity index (χ1n) is 7.54. The molecular weight excluding hydrogens is 330 g/mol. The fourth-order valence-corrected chi connectivity index (χ4v) is 2.82. The molecule has 1 aliphatic rings. The van der Waals surface area contributed by atoms with Crippen LogP contribution in [0.25, 0.3) is 0 Å². The summed E-state index contributed by atoms with van der Waals surface area (Å²) >= 11 is 5.92. The minimum atomic E-state index is -0.331. The van der Waals surface area contributed by atoms with Crippen molar-refractivity contribution in [1.29, 1.82) is 0 Å². The first kappa shape index (κ1) is 16.3. The summed E-state index contributed by atoms with van der Waals surface area (Å²) in [5, 5.41) is 10.3. The van der Waals surface area contributed by atoms with Crippen LogP contribution in [0.3, 0.4) is 0 Å². The Kier molecular flexibility index (Phi) is 4.66. The van der Waals surface area contributed by atoms with E-state index in [1.54, 1.807) is 40.1 Å². The molecule has 1 aliphatic heterocycles. The highest BCUT2D eigenvalue weighted by Gasteiger charge is 2.27. The van der Waals surface area contributed by atoms with Gasteiger partial charge in [-0.2, -0.15) is 0 Å². The summed E-state index contributed by atoms with van der Waals surface area (Å²) in [6.45, 7) is 1.62. The second-order valence-corrected chi connectivity index (χ2v) is 5.90. The number of aromatic nitrogens is 1. The first-order chi connectivity index (χ1) is 11.6. The zero-order valence-corrected chi connectivity index (χ0v) is 13.6. The number of amides is 2. The van der Waals surface area contributed by atoms with Crippen LogP contribution in [-0.4, -0.2) is 57.9 Å². The van der Waals surface area contributed by atoms with Gasteiger partial charge >= 0.3 is 0 Å². The van der Waals surface area contributed by atoms with E-state index in [0.717, 1.165) is 0 Å². The van der Waals surface area contributed by atoms with E-state index in [0.29, 0.717) is 36.8 Å². The van der Waals surface area contributed by atoms with E-state index in [1.165, 1.54) is 12.3 Å². The van der Waals surface area contributed by atoms with Crippen molar-refractivity contribution < 1.29 is 14.7 Å². The maximum Gasteiger partial charge on any atom is 0.276 e. The average Bonchev–Trinajstić information content (AvgIpc) is 2.61. The van der Waals surface area contributed by atoms with Crippen molar-refractivity contribution in [1.82, 2.24) is 14.8 Å². The van der Waals surface area contributed by atoms with Crippen LogP contribution in [0.2, 0.25) is 5.02 Å². The second-order valence-electron chi connectivity index (χ2n) is 5.47. The molecule has 2 aromatic rings. The molecule has 0 atom stereocenters. The number of pyridine rings is 1. The van der Waals surface area contributed by atoms with Crippen LogP contribution in [-0.2, 0) is 0 Å². The van der Waals surface area contributed by atoms with E-state index < -0.39 is 0 Å². The van der Waals surface area contributed by atoms with Gasteiger partial charge in [-0.25, -0.2) is 4.98 Å².